The number of nitrogens with zero attached hydrogens (tertiary/aromatic N) is 4. The second-order valence-electron chi connectivity index (χ2n) is 8.99. The van der Waals surface area contributed by atoms with Crippen LogP contribution in [0.1, 0.15) is 42.1 Å². The molecular formula is C25H35N5O. The summed E-state index contributed by atoms with van der Waals surface area (Å²) >= 11 is 0. The number of nitrogens with one attached hydrogen (secondary N) is 1. The predicted molar refractivity (Wildman–Crippen MR) is 127 cm³/mol. The molecule has 166 valence electrons. The minimum Gasteiger partial charge on any atom is -0.354 e. The van der Waals surface area contributed by atoms with Crippen LogP contribution in [-0.4, -0.2) is 73.0 Å². The molecule has 2 saturated heterocycles. The minimum absolute atomic E-state index is 0.0791. The molecule has 2 aliphatic rings. The van der Waals surface area contributed by atoms with Crippen LogP contribution in [0.3, 0.4) is 0 Å². The van der Waals surface area contributed by atoms with Gasteiger partial charge in [0.15, 0.2) is 0 Å². The van der Waals surface area contributed by atoms with E-state index in [1.54, 1.807) is 12.3 Å². The third-order valence-electron chi connectivity index (χ3n) is 6.60. The molecule has 4 rings (SSSR count). The van der Waals surface area contributed by atoms with Gasteiger partial charge in [0.25, 0.3) is 5.91 Å². The number of piperidine rings is 1. The monoisotopic (exact) mass is 421 g/mol. The van der Waals surface area contributed by atoms with Crippen LogP contribution in [0, 0.1) is 0 Å². The molecule has 0 aliphatic carbocycles. The largest absolute Gasteiger partial charge is 0.354 e. The van der Waals surface area contributed by atoms with Gasteiger partial charge >= 0.3 is 0 Å². The van der Waals surface area contributed by atoms with E-state index in [4.69, 9.17) is 0 Å². The zero-order chi connectivity index (χ0) is 21.6. The summed E-state index contributed by atoms with van der Waals surface area (Å²) in [6, 6.07) is 12.4. The van der Waals surface area contributed by atoms with Gasteiger partial charge in [-0.25, -0.2) is 4.98 Å². The van der Waals surface area contributed by atoms with Crippen molar-refractivity contribution >= 4 is 17.4 Å². The molecule has 1 aromatic carbocycles. The summed E-state index contributed by atoms with van der Waals surface area (Å²) < 4.78 is 0. The number of anilines is 2. The first-order chi connectivity index (χ1) is 15.1. The van der Waals surface area contributed by atoms with Crippen LogP contribution in [0.15, 0.2) is 42.6 Å². The Balaban J connectivity index is 1.36. The van der Waals surface area contributed by atoms with Crippen molar-refractivity contribution in [2.45, 2.75) is 38.6 Å². The molecular weight excluding hydrogens is 386 g/mol. The Morgan fingerprint density at radius 2 is 1.94 bits per heavy atom. The summed E-state index contributed by atoms with van der Waals surface area (Å²) in [6.07, 6.45) is 6.38. The number of carbonyl (C=O) groups excluding carboxylic acids is 1. The Morgan fingerprint density at radius 1 is 1.10 bits per heavy atom. The van der Waals surface area contributed by atoms with Gasteiger partial charge in [-0.3, -0.25) is 4.79 Å². The number of aromatic nitrogens is 1. The van der Waals surface area contributed by atoms with Gasteiger partial charge in [0.2, 0.25) is 0 Å². The number of piperazine rings is 1. The normalized spacial score (nSPS) is 20.6. The van der Waals surface area contributed by atoms with Crippen molar-refractivity contribution in [3.05, 3.63) is 53.7 Å². The second-order valence-corrected chi connectivity index (χ2v) is 8.99. The fourth-order valence-corrected chi connectivity index (χ4v) is 4.52. The SMILES string of the molecule is CC1CCCCN1c1cc(C(=O)Nc2cccc(CCN3CCN(C)CC3)c2)ccn1. The molecule has 0 bridgehead atoms. The summed E-state index contributed by atoms with van der Waals surface area (Å²) in [5.41, 5.74) is 2.77. The van der Waals surface area contributed by atoms with Crippen LogP contribution in [0.25, 0.3) is 0 Å². The molecule has 1 aromatic heterocycles. The summed E-state index contributed by atoms with van der Waals surface area (Å²) in [6.45, 7) is 8.85. The maximum atomic E-state index is 12.9. The van der Waals surface area contributed by atoms with Crippen LogP contribution in [0.2, 0.25) is 0 Å². The molecule has 31 heavy (non-hydrogen) atoms. The highest BCUT2D eigenvalue weighted by atomic mass is 16.1. The van der Waals surface area contributed by atoms with E-state index in [1.165, 1.54) is 24.8 Å². The first-order valence-corrected chi connectivity index (χ1v) is 11.6. The molecule has 0 radical (unpaired) electrons. The molecule has 0 saturated carbocycles. The fraction of sp³-hybridized carbons (Fsp3) is 0.520. The Kier molecular flexibility index (Phi) is 7.20. The van der Waals surface area contributed by atoms with Crippen molar-refractivity contribution in [2.24, 2.45) is 0 Å². The number of likely N-dealkylation sites (N-methyl/N-ethyl adjacent to an activating group) is 1. The summed E-state index contributed by atoms with van der Waals surface area (Å²) in [7, 11) is 2.18. The maximum absolute atomic E-state index is 12.9. The van der Waals surface area contributed by atoms with Crippen LogP contribution >= 0.6 is 0 Å². The average Bonchev–Trinajstić information content (AvgIpc) is 2.79. The predicted octanol–water partition coefficient (Wildman–Crippen LogP) is 3.50. The van der Waals surface area contributed by atoms with Gasteiger partial charge in [-0.15, -0.1) is 0 Å². The van der Waals surface area contributed by atoms with Gasteiger partial charge in [-0.2, -0.15) is 0 Å². The Bertz CT molecular complexity index is 878. The lowest BCUT2D eigenvalue weighted by molar-refractivity contribution is 0.102. The molecule has 2 aromatic rings. The molecule has 1 amide bonds. The first kappa shape index (κ1) is 21.8. The van der Waals surface area contributed by atoms with E-state index in [2.05, 4.69) is 51.1 Å². The second kappa shape index (κ2) is 10.2. The molecule has 2 aliphatic heterocycles. The number of hydrogen-bond donors (Lipinski definition) is 1. The number of rotatable bonds is 6. The molecule has 6 nitrogen and oxygen atoms in total. The van der Waals surface area contributed by atoms with Crippen LogP contribution in [-0.2, 0) is 6.42 Å². The topological polar surface area (TPSA) is 51.7 Å². The smallest absolute Gasteiger partial charge is 0.255 e. The molecule has 6 heteroatoms. The van der Waals surface area contributed by atoms with Crippen LogP contribution in [0.4, 0.5) is 11.5 Å². The van der Waals surface area contributed by atoms with Crippen molar-refractivity contribution in [1.29, 1.82) is 0 Å². The lowest BCUT2D eigenvalue weighted by Crippen LogP contribution is -2.45. The van der Waals surface area contributed by atoms with Crippen LogP contribution < -0.4 is 10.2 Å². The zero-order valence-corrected chi connectivity index (χ0v) is 18.9. The highest BCUT2D eigenvalue weighted by Crippen LogP contribution is 2.24. The van der Waals surface area contributed by atoms with Gasteiger partial charge in [-0.05, 0) is 69.5 Å². The van der Waals surface area contributed by atoms with Gasteiger partial charge in [-0.1, -0.05) is 12.1 Å². The molecule has 0 spiro atoms. The Morgan fingerprint density at radius 3 is 2.74 bits per heavy atom. The van der Waals surface area contributed by atoms with Crippen molar-refractivity contribution in [2.75, 3.05) is 56.5 Å². The first-order valence-electron chi connectivity index (χ1n) is 11.6. The van der Waals surface area contributed by atoms with Crippen molar-refractivity contribution in [3.8, 4) is 0 Å². The standard InChI is InChI=1S/C25H35N5O/c1-20-6-3-4-12-30(20)24-19-22(9-11-26-24)25(31)27-23-8-5-7-21(18-23)10-13-29-16-14-28(2)15-17-29/h5,7-9,11,18-20H,3-4,6,10,12-17H2,1-2H3,(H,27,31). The number of benzene rings is 1. The molecule has 1 N–H and O–H groups in total. The average molecular weight is 422 g/mol. The van der Waals surface area contributed by atoms with Crippen molar-refractivity contribution < 1.29 is 4.79 Å². The van der Waals surface area contributed by atoms with E-state index in [0.717, 1.165) is 57.2 Å². The molecule has 3 heterocycles. The van der Waals surface area contributed by atoms with E-state index >= 15 is 0 Å². The summed E-state index contributed by atoms with van der Waals surface area (Å²) in [5, 5.41) is 3.08. The maximum Gasteiger partial charge on any atom is 0.255 e. The highest BCUT2D eigenvalue weighted by molar-refractivity contribution is 6.04. The van der Waals surface area contributed by atoms with E-state index < -0.39 is 0 Å². The van der Waals surface area contributed by atoms with Crippen molar-refractivity contribution in [3.63, 3.8) is 0 Å². The Hall–Kier alpha value is -2.44. The van der Waals surface area contributed by atoms with Gasteiger partial charge in [0.1, 0.15) is 5.82 Å². The van der Waals surface area contributed by atoms with E-state index in [1.807, 2.05) is 18.2 Å². The number of pyridine rings is 1. The molecule has 1 atom stereocenters. The van der Waals surface area contributed by atoms with Gasteiger partial charge < -0.3 is 20.0 Å². The van der Waals surface area contributed by atoms with E-state index in [0.29, 0.717) is 11.6 Å². The van der Waals surface area contributed by atoms with Gasteiger partial charge in [0.05, 0.1) is 0 Å². The third kappa shape index (κ3) is 5.83. The molecule has 2 fully saturated rings. The van der Waals surface area contributed by atoms with E-state index in [-0.39, 0.29) is 5.91 Å². The quantitative estimate of drug-likeness (QED) is 0.774. The summed E-state index contributed by atoms with van der Waals surface area (Å²) in [5.74, 6) is 0.824. The molecule has 1 unspecified atom stereocenters. The van der Waals surface area contributed by atoms with Crippen LogP contribution in [0.5, 0.6) is 0 Å². The highest BCUT2D eigenvalue weighted by Gasteiger charge is 2.20. The number of carbonyl (C=O) groups is 1. The lowest BCUT2D eigenvalue weighted by Gasteiger charge is -2.34. The number of hydrogen-bond acceptors (Lipinski definition) is 5. The van der Waals surface area contributed by atoms with E-state index in [9.17, 15) is 4.79 Å². The Labute approximate surface area is 186 Å². The summed E-state index contributed by atoms with van der Waals surface area (Å²) in [4.78, 5) is 24.7. The number of amides is 1. The van der Waals surface area contributed by atoms with Crippen molar-refractivity contribution in [1.82, 2.24) is 14.8 Å². The lowest BCUT2D eigenvalue weighted by atomic mass is 10.0. The zero-order valence-electron chi connectivity index (χ0n) is 18.9. The minimum atomic E-state index is -0.0791. The fourth-order valence-electron chi connectivity index (χ4n) is 4.52. The van der Waals surface area contributed by atoms with Gasteiger partial charge in [0, 0.05) is 62.8 Å². The third-order valence-corrected chi connectivity index (χ3v) is 6.60.